The number of ether oxygens (including phenoxy) is 1. The summed E-state index contributed by atoms with van der Waals surface area (Å²) < 4.78 is 5.92. The van der Waals surface area contributed by atoms with Crippen LogP contribution in [0.1, 0.15) is 84.1 Å². The van der Waals surface area contributed by atoms with E-state index in [1.165, 1.54) is 9.80 Å². The Morgan fingerprint density at radius 1 is 0.708 bits per heavy atom. The number of nitrogens with one attached hydrogen (secondary N) is 3. The van der Waals surface area contributed by atoms with E-state index in [-0.39, 0.29) is 98.7 Å². The van der Waals surface area contributed by atoms with Crippen LogP contribution in [-0.4, -0.2) is 194 Å². The molecule has 4 aliphatic rings. The molecule has 22 heteroatoms. The van der Waals surface area contributed by atoms with Crippen molar-refractivity contribution in [2.75, 3.05) is 72.1 Å². The number of hydrogen-bond donors (Lipinski definition) is 10. The maximum Gasteiger partial charge on any atom is 0.322 e. The molecule has 4 saturated carbocycles. The van der Waals surface area contributed by atoms with Crippen LogP contribution < -0.4 is 16.0 Å². The zero-order chi connectivity index (χ0) is 52.9. The largest absolute Gasteiger partial charge is 0.480 e. The molecular weight excluding hydrogens is 941 g/mol. The van der Waals surface area contributed by atoms with Crippen LogP contribution in [0.2, 0.25) is 0 Å². The first-order valence-corrected chi connectivity index (χ1v) is 25.1. The molecule has 1 aromatic rings. The quantitative estimate of drug-likeness (QED) is 0.0526. The van der Waals surface area contributed by atoms with E-state index in [2.05, 4.69) is 36.7 Å². The van der Waals surface area contributed by atoms with Crippen LogP contribution in [-0.2, 0) is 49.7 Å². The third-order valence-electron chi connectivity index (χ3n) is 16.6. The predicted octanol–water partition coefficient (Wildman–Crippen LogP) is 0.635. The van der Waals surface area contributed by atoms with Crippen molar-refractivity contribution in [3.05, 3.63) is 35.9 Å². The Hall–Kier alpha value is -5.26. The summed E-state index contributed by atoms with van der Waals surface area (Å²) >= 11 is 0. The van der Waals surface area contributed by atoms with Crippen molar-refractivity contribution in [2.45, 2.75) is 109 Å². The van der Waals surface area contributed by atoms with Crippen LogP contribution in [0.15, 0.2) is 30.3 Å². The average Bonchev–Trinajstić information content (AvgIpc) is 3.67. The molecule has 4 aliphatic carbocycles. The number of aliphatic hydroxyl groups excluding tert-OH is 2. The Bertz CT molecular complexity index is 2050. The number of aliphatic hydroxyl groups is 2. The highest BCUT2D eigenvalue weighted by Gasteiger charge is 2.65. The molecule has 12 atom stereocenters. The van der Waals surface area contributed by atoms with Crippen LogP contribution in [0, 0.1) is 46.3 Å². The standard InChI is InChI=1S/C50H76N6O16/c1-30(9-12-40(59)51-23-42(61)62)34-10-11-35-47-36(21-39(58)50(34,35)3)49(2)14-13-33(19-32(49)20-38(47)57)53-41(60)22-52-48(71)37(29-72-28-31-7-5-4-6-8-31)56(27-46(69)70)18-17-54(24-43(63)64)15-16-55(25-44(65)66)26-45(67)68/h4-8,30,32-39,47,57-58H,9-29H2,1-3H3,(H,51,59)(H,52,71)(H,53,60)(H,61,62)(H,63,64)(H,65,66)(H,67,68)(H,69,70)/t30-,32+,33+,34-,35?,36?,37?,38-,39+,47?,49+,50-/m1/s1. The van der Waals surface area contributed by atoms with Gasteiger partial charge in [-0.25, -0.2) is 0 Å². The first kappa shape index (κ1) is 57.6. The molecule has 4 fully saturated rings. The lowest BCUT2D eigenvalue weighted by Crippen LogP contribution is -2.63. The van der Waals surface area contributed by atoms with Gasteiger partial charge in [0, 0.05) is 38.6 Å². The number of amides is 3. The number of fused-ring (bicyclic) bond motifs is 5. The van der Waals surface area contributed by atoms with E-state index in [4.69, 9.17) is 9.84 Å². The summed E-state index contributed by atoms with van der Waals surface area (Å²) in [4.78, 5) is 101. The smallest absolute Gasteiger partial charge is 0.322 e. The fraction of sp³-hybridized carbons (Fsp3) is 0.720. The highest BCUT2D eigenvalue weighted by atomic mass is 16.5. The minimum atomic E-state index is -1.30. The van der Waals surface area contributed by atoms with E-state index in [0.717, 1.165) is 29.7 Å². The number of aliphatic carboxylic acids is 5. The molecule has 22 nitrogen and oxygen atoms in total. The summed E-state index contributed by atoms with van der Waals surface area (Å²) in [7, 11) is 0. The van der Waals surface area contributed by atoms with Crippen LogP contribution in [0.3, 0.4) is 0 Å². The number of rotatable bonds is 29. The zero-order valence-corrected chi connectivity index (χ0v) is 41.7. The molecule has 72 heavy (non-hydrogen) atoms. The fourth-order valence-electron chi connectivity index (χ4n) is 13.0. The number of benzene rings is 1. The van der Waals surface area contributed by atoms with Crippen molar-refractivity contribution in [3.63, 3.8) is 0 Å². The third-order valence-corrected chi connectivity index (χ3v) is 16.6. The number of hydrogen-bond acceptors (Lipinski definition) is 14. The van der Waals surface area contributed by atoms with Crippen molar-refractivity contribution in [2.24, 2.45) is 46.3 Å². The van der Waals surface area contributed by atoms with Crippen molar-refractivity contribution in [3.8, 4) is 0 Å². The predicted molar refractivity (Wildman–Crippen MR) is 257 cm³/mol. The minimum absolute atomic E-state index is 0.0272. The van der Waals surface area contributed by atoms with E-state index in [1.54, 1.807) is 24.3 Å². The van der Waals surface area contributed by atoms with Gasteiger partial charge in [0.15, 0.2) is 0 Å². The Morgan fingerprint density at radius 2 is 1.33 bits per heavy atom. The summed E-state index contributed by atoms with van der Waals surface area (Å²) in [6, 6.07) is 7.49. The molecule has 0 saturated heterocycles. The Labute approximate surface area is 419 Å². The van der Waals surface area contributed by atoms with Crippen molar-refractivity contribution >= 4 is 47.6 Å². The zero-order valence-electron chi connectivity index (χ0n) is 41.7. The lowest BCUT2D eigenvalue weighted by molar-refractivity contribution is -0.202. The van der Waals surface area contributed by atoms with Gasteiger partial charge in [-0.1, -0.05) is 51.1 Å². The Morgan fingerprint density at radius 3 is 1.97 bits per heavy atom. The maximum absolute atomic E-state index is 14.0. The van der Waals surface area contributed by atoms with Gasteiger partial charge < -0.3 is 56.4 Å². The van der Waals surface area contributed by atoms with Crippen molar-refractivity contribution < 1.29 is 78.8 Å². The molecule has 402 valence electrons. The molecule has 0 aromatic heterocycles. The second kappa shape index (κ2) is 26.1. The average molecular weight is 1020 g/mol. The fourth-order valence-corrected chi connectivity index (χ4v) is 13.0. The Kier molecular flexibility index (Phi) is 20.9. The highest BCUT2D eigenvalue weighted by molar-refractivity contribution is 5.88. The summed E-state index contributed by atoms with van der Waals surface area (Å²) in [5.74, 6) is -7.40. The molecule has 1 aromatic carbocycles. The minimum Gasteiger partial charge on any atom is -0.480 e. The van der Waals surface area contributed by atoms with Crippen molar-refractivity contribution in [1.82, 2.24) is 30.7 Å². The molecule has 3 amide bonds. The van der Waals surface area contributed by atoms with Gasteiger partial charge in [-0.05, 0) is 103 Å². The van der Waals surface area contributed by atoms with Gasteiger partial charge in [0.05, 0.1) is 58.1 Å². The van der Waals surface area contributed by atoms with Gasteiger partial charge in [-0.15, -0.1) is 0 Å². The maximum atomic E-state index is 14.0. The van der Waals surface area contributed by atoms with Crippen molar-refractivity contribution in [1.29, 1.82) is 0 Å². The Balaban J connectivity index is 1.21. The highest BCUT2D eigenvalue weighted by Crippen LogP contribution is 2.68. The lowest BCUT2D eigenvalue weighted by atomic mass is 9.43. The summed E-state index contributed by atoms with van der Waals surface area (Å²) in [6.45, 7) is 2.36. The van der Waals surface area contributed by atoms with Crippen LogP contribution in [0.4, 0.5) is 0 Å². The van der Waals surface area contributed by atoms with Gasteiger partial charge in [-0.3, -0.25) is 53.1 Å². The first-order valence-electron chi connectivity index (χ1n) is 25.1. The van der Waals surface area contributed by atoms with Gasteiger partial charge in [0.2, 0.25) is 17.7 Å². The van der Waals surface area contributed by atoms with E-state index in [1.807, 2.05) is 6.07 Å². The first-order chi connectivity index (χ1) is 34.0. The monoisotopic (exact) mass is 1020 g/mol. The number of carbonyl (C=O) groups excluding carboxylic acids is 3. The molecule has 0 spiro atoms. The van der Waals surface area contributed by atoms with Gasteiger partial charge in [0.1, 0.15) is 12.6 Å². The van der Waals surface area contributed by atoms with Crippen LogP contribution in [0.25, 0.3) is 0 Å². The van der Waals surface area contributed by atoms with Gasteiger partial charge >= 0.3 is 29.8 Å². The number of carbonyl (C=O) groups is 8. The third kappa shape index (κ3) is 15.4. The molecule has 5 rings (SSSR count). The van der Waals surface area contributed by atoms with Gasteiger partial charge in [-0.2, -0.15) is 0 Å². The molecule has 0 radical (unpaired) electrons. The molecule has 0 aliphatic heterocycles. The SMILES string of the molecule is C[C@H](CCC(=O)NCC(=O)O)[C@H]1CCC2C3C(C[C@H](O)[C@@]21C)[C@@]1(C)CC[C@H](NC(=O)CNC(=O)C(COCc2ccccc2)N(CCN(CCN(CC(=O)O)CC(=O)O)CC(=O)O)CC(=O)O)C[C@H]1C[C@H]3O. The summed E-state index contributed by atoms with van der Waals surface area (Å²) in [5.41, 5.74) is 0.0936. The second-order valence-electron chi connectivity index (χ2n) is 21.1. The van der Waals surface area contributed by atoms with E-state index >= 15 is 0 Å². The van der Waals surface area contributed by atoms with Crippen LogP contribution in [0.5, 0.6) is 0 Å². The molecule has 4 unspecified atom stereocenters. The van der Waals surface area contributed by atoms with Gasteiger partial charge in [0.25, 0.3) is 0 Å². The summed E-state index contributed by atoms with van der Waals surface area (Å²) in [5, 5.41) is 79.2. The number of nitrogens with zero attached hydrogens (tertiary/aromatic N) is 3. The lowest BCUT2D eigenvalue weighted by Gasteiger charge is -2.63. The number of carboxylic acid groups (broad SMARTS) is 5. The topological polar surface area (TPSA) is 333 Å². The van der Waals surface area contributed by atoms with E-state index in [0.29, 0.717) is 32.1 Å². The second-order valence-corrected chi connectivity index (χ2v) is 21.1. The normalized spacial score (nSPS) is 28.5. The summed E-state index contributed by atoms with van der Waals surface area (Å²) in [6.07, 6.45) is 4.21. The van der Waals surface area contributed by atoms with E-state index < -0.39 is 105 Å². The molecular formula is C50H76N6O16. The molecule has 0 heterocycles. The van der Waals surface area contributed by atoms with Crippen LogP contribution >= 0.6 is 0 Å². The molecule has 10 N–H and O–H groups in total. The number of carboxylic acids is 5. The van der Waals surface area contributed by atoms with E-state index in [9.17, 15) is 69.0 Å². The molecule has 0 bridgehead atoms.